The van der Waals surface area contributed by atoms with Crippen LogP contribution in [0.1, 0.15) is 22.8 Å². The number of hydrogen-bond donors (Lipinski definition) is 1. The molecule has 0 radical (unpaired) electrons. The summed E-state index contributed by atoms with van der Waals surface area (Å²) in [6.45, 7) is 2.61. The number of aromatic carboxylic acids is 1. The van der Waals surface area contributed by atoms with Crippen molar-refractivity contribution >= 4 is 5.97 Å². The molecule has 1 N–H and O–H groups in total. The van der Waals surface area contributed by atoms with Crippen LogP contribution in [0.5, 0.6) is 0 Å². The van der Waals surface area contributed by atoms with Crippen LogP contribution in [0.2, 0.25) is 0 Å². The van der Waals surface area contributed by atoms with Crippen molar-refractivity contribution < 1.29 is 19.0 Å². The summed E-state index contributed by atoms with van der Waals surface area (Å²) >= 11 is 0. The molecule has 0 saturated heterocycles. The average Bonchev–Trinajstić information content (AvgIpc) is 2.45. The molecule has 0 aliphatic rings. The van der Waals surface area contributed by atoms with Gasteiger partial charge in [-0.2, -0.15) is 0 Å². The van der Waals surface area contributed by atoms with Crippen LogP contribution < -0.4 is 0 Å². The van der Waals surface area contributed by atoms with Gasteiger partial charge in [-0.15, -0.1) is 0 Å². The summed E-state index contributed by atoms with van der Waals surface area (Å²) in [4.78, 5) is 11.4. The second-order valence-electron chi connectivity index (χ2n) is 4.26. The summed E-state index contributed by atoms with van der Waals surface area (Å²) in [6, 6.07) is 11.0. The lowest BCUT2D eigenvalue weighted by molar-refractivity contribution is 0.0697. The van der Waals surface area contributed by atoms with Crippen LogP contribution in [0.4, 0.5) is 4.39 Å². The molecule has 0 atom stereocenters. The Balaban J connectivity index is 2.64. The summed E-state index contributed by atoms with van der Waals surface area (Å²) < 4.78 is 19.3. The normalized spacial score (nSPS) is 10.5. The molecule has 20 heavy (non-hydrogen) atoms. The molecule has 0 aliphatic heterocycles. The number of benzene rings is 2. The largest absolute Gasteiger partial charge is 0.478 e. The second kappa shape index (κ2) is 6.30. The van der Waals surface area contributed by atoms with E-state index in [-0.39, 0.29) is 17.7 Å². The van der Waals surface area contributed by atoms with Crippen molar-refractivity contribution in [3.05, 3.63) is 59.4 Å². The lowest BCUT2D eigenvalue weighted by Crippen LogP contribution is -2.05. The average molecular weight is 274 g/mol. The summed E-state index contributed by atoms with van der Waals surface area (Å²) in [5, 5.41) is 9.30. The van der Waals surface area contributed by atoms with Crippen LogP contribution in [0.15, 0.2) is 42.5 Å². The first-order valence-electron chi connectivity index (χ1n) is 6.33. The maximum Gasteiger partial charge on any atom is 0.336 e. The van der Waals surface area contributed by atoms with Crippen LogP contribution in [-0.4, -0.2) is 17.7 Å². The van der Waals surface area contributed by atoms with Gasteiger partial charge in [0.2, 0.25) is 0 Å². The number of rotatable bonds is 5. The van der Waals surface area contributed by atoms with E-state index in [4.69, 9.17) is 4.74 Å². The van der Waals surface area contributed by atoms with Gasteiger partial charge in [-0.1, -0.05) is 30.3 Å². The van der Waals surface area contributed by atoms with E-state index in [0.717, 1.165) is 0 Å². The fourth-order valence-electron chi connectivity index (χ4n) is 2.09. The van der Waals surface area contributed by atoms with E-state index in [1.807, 2.05) is 6.92 Å². The van der Waals surface area contributed by atoms with Crippen LogP contribution in [0, 0.1) is 5.82 Å². The SMILES string of the molecule is CCOCc1cccc(C(=O)O)c1-c1ccccc1F. The number of ether oxygens (including phenoxy) is 1. The van der Waals surface area contributed by atoms with Crippen LogP contribution in [0.3, 0.4) is 0 Å². The Morgan fingerprint density at radius 2 is 1.95 bits per heavy atom. The van der Waals surface area contributed by atoms with Gasteiger partial charge >= 0.3 is 5.97 Å². The van der Waals surface area contributed by atoms with Gasteiger partial charge in [0, 0.05) is 17.7 Å². The predicted octanol–water partition coefficient (Wildman–Crippen LogP) is 3.73. The topological polar surface area (TPSA) is 46.5 Å². The number of carbonyl (C=O) groups is 1. The molecule has 2 aromatic rings. The molecule has 4 heteroatoms. The Morgan fingerprint density at radius 3 is 2.60 bits per heavy atom. The number of carboxylic acid groups (broad SMARTS) is 1. The molecule has 0 fully saturated rings. The summed E-state index contributed by atoms with van der Waals surface area (Å²) in [5.41, 5.74) is 1.40. The molecule has 0 bridgehead atoms. The third kappa shape index (κ3) is 2.86. The van der Waals surface area contributed by atoms with Gasteiger partial charge in [0.05, 0.1) is 12.2 Å². The Bertz CT molecular complexity index is 623. The van der Waals surface area contributed by atoms with Crippen molar-refractivity contribution in [2.75, 3.05) is 6.61 Å². The smallest absolute Gasteiger partial charge is 0.336 e. The van der Waals surface area contributed by atoms with Gasteiger partial charge in [-0.05, 0) is 24.6 Å². The van der Waals surface area contributed by atoms with E-state index in [2.05, 4.69) is 0 Å². The van der Waals surface area contributed by atoms with Gasteiger partial charge in [-0.25, -0.2) is 9.18 Å². The summed E-state index contributed by atoms with van der Waals surface area (Å²) in [5.74, 6) is -1.53. The van der Waals surface area contributed by atoms with Crippen molar-refractivity contribution in [1.82, 2.24) is 0 Å². The first kappa shape index (κ1) is 14.2. The Morgan fingerprint density at radius 1 is 1.20 bits per heavy atom. The summed E-state index contributed by atoms with van der Waals surface area (Å²) in [6.07, 6.45) is 0. The maximum absolute atomic E-state index is 14.0. The molecule has 0 heterocycles. The van der Waals surface area contributed by atoms with Crippen molar-refractivity contribution in [2.45, 2.75) is 13.5 Å². The van der Waals surface area contributed by atoms with Crippen LogP contribution >= 0.6 is 0 Å². The number of hydrogen-bond acceptors (Lipinski definition) is 2. The molecule has 2 aromatic carbocycles. The number of halogens is 1. The minimum absolute atomic E-state index is 0.0762. The molecule has 3 nitrogen and oxygen atoms in total. The van der Waals surface area contributed by atoms with E-state index in [1.165, 1.54) is 12.1 Å². The van der Waals surface area contributed by atoms with Gasteiger partial charge in [0.25, 0.3) is 0 Å². The first-order valence-corrected chi connectivity index (χ1v) is 6.33. The monoisotopic (exact) mass is 274 g/mol. The molecule has 0 unspecified atom stereocenters. The Kier molecular flexibility index (Phi) is 4.48. The molecule has 104 valence electrons. The predicted molar refractivity (Wildman–Crippen MR) is 74.1 cm³/mol. The van der Waals surface area contributed by atoms with E-state index < -0.39 is 11.8 Å². The quantitative estimate of drug-likeness (QED) is 0.903. The lowest BCUT2D eigenvalue weighted by atomic mass is 9.94. The molecule has 0 amide bonds. The van der Waals surface area contributed by atoms with E-state index >= 15 is 0 Å². The molecule has 0 spiro atoms. The molecular formula is C16H15FO3. The summed E-state index contributed by atoms with van der Waals surface area (Å²) in [7, 11) is 0. The van der Waals surface area contributed by atoms with Crippen molar-refractivity contribution in [3.8, 4) is 11.1 Å². The highest BCUT2D eigenvalue weighted by Crippen LogP contribution is 2.30. The highest BCUT2D eigenvalue weighted by atomic mass is 19.1. The molecule has 2 rings (SSSR count). The third-order valence-electron chi connectivity index (χ3n) is 2.99. The zero-order valence-electron chi connectivity index (χ0n) is 11.1. The van der Waals surface area contributed by atoms with E-state index in [9.17, 15) is 14.3 Å². The molecule has 0 aromatic heterocycles. The fraction of sp³-hybridized carbons (Fsp3) is 0.188. The highest BCUT2D eigenvalue weighted by Gasteiger charge is 2.18. The maximum atomic E-state index is 14.0. The third-order valence-corrected chi connectivity index (χ3v) is 2.99. The second-order valence-corrected chi connectivity index (χ2v) is 4.26. The van der Waals surface area contributed by atoms with Crippen LogP contribution in [0.25, 0.3) is 11.1 Å². The van der Waals surface area contributed by atoms with Crippen LogP contribution in [-0.2, 0) is 11.3 Å². The van der Waals surface area contributed by atoms with Gasteiger partial charge in [0.15, 0.2) is 0 Å². The molecular weight excluding hydrogens is 259 g/mol. The highest BCUT2D eigenvalue weighted by molar-refractivity contribution is 5.97. The first-order chi connectivity index (χ1) is 9.65. The minimum atomic E-state index is -1.08. The van der Waals surface area contributed by atoms with Crippen molar-refractivity contribution in [1.29, 1.82) is 0 Å². The van der Waals surface area contributed by atoms with Crippen molar-refractivity contribution in [2.24, 2.45) is 0 Å². The fourth-order valence-corrected chi connectivity index (χ4v) is 2.09. The van der Waals surface area contributed by atoms with Crippen molar-refractivity contribution in [3.63, 3.8) is 0 Å². The molecule has 0 aliphatic carbocycles. The Labute approximate surface area is 116 Å². The van der Waals surface area contributed by atoms with E-state index in [1.54, 1.807) is 30.3 Å². The molecule has 0 saturated carbocycles. The standard InChI is InChI=1S/C16H15FO3/c1-2-20-10-11-6-5-8-13(16(18)19)15(11)12-7-3-4-9-14(12)17/h3-9H,2,10H2,1H3,(H,18,19). The van der Waals surface area contributed by atoms with Gasteiger partial charge in [0.1, 0.15) is 5.82 Å². The Hall–Kier alpha value is -2.20. The van der Waals surface area contributed by atoms with Gasteiger partial charge < -0.3 is 9.84 Å². The lowest BCUT2D eigenvalue weighted by Gasteiger charge is -2.13. The van der Waals surface area contributed by atoms with E-state index in [0.29, 0.717) is 17.7 Å². The van der Waals surface area contributed by atoms with Gasteiger partial charge in [-0.3, -0.25) is 0 Å². The minimum Gasteiger partial charge on any atom is -0.478 e. The zero-order chi connectivity index (χ0) is 14.5. The number of carboxylic acids is 1. The zero-order valence-corrected chi connectivity index (χ0v) is 11.1.